The number of aliphatic carboxylic acids is 1. The molecule has 2 N–H and O–H groups in total. The van der Waals surface area contributed by atoms with Crippen LogP contribution in [0, 0.1) is 17.8 Å². The third-order valence-electron chi connectivity index (χ3n) is 4.58. The summed E-state index contributed by atoms with van der Waals surface area (Å²) >= 11 is 0. The normalized spacial score (nSPS) is 26.4. The number of carboxylic acids is 1. The molecule has 0 saturated heterocycles. The summed E-state index contributed by atoms with van der Waals surface area (Å²) in [5, 5.41) is 12.2. The topological polar surface area (TPSA) is 84.9 Å². The highest BCUT2D eigenvalue weighted by atomic mass is 16.6. The van der Waals surface area contributed by atoms with Gasteiger partial charge in [-0.05, 0) is 37.3 Å². The molecule has 1 aromatic rings. The van der Waals surface area contributed by atoms with Gasteiger partial charge in [-0.1, -0.05) is 6.92 Å². The Bertz CT molecular complexity index is 615. The Morgan fingerprint density at radius 2 is 1.87 bits per heavy atom. The zero-order valence-corrected chi connectivity index (χ0v) is 13.1. The molecule has 3 unspecified atom stereocenters. The van der Waals surface area contributed by atoms with Crippen LogP contribution in [0.15, 0.2) is 18.2 Å². The number of fused-ring (bicyclic) bond motifs is 1. The average Bonchev–Trinajstić information content (AvgIpc) is 2.54. The molecule has 3 rings (SSSR count). The van der Waals surface area contributed by atoms with Crippen molar-refractivity contribution in [3.63, 3.8) is 0 Å². The van der Waals surface area contributed by atoms with Gasteiger partial charge in [0.25, 0.3) is 0 Å². The maximum Gasteiger partial charge on any atom is 0.307 e. The molecule has 1 heterocycles. The van der Waals surface area contributed by atoms with Crippen LogP contribution < -0.4 is 14.8 Å². The number of rotatable bonds is 3. The summed E-state index contributed by atoms with van der Waals surface area (Å²) in [4.78, 5) is 24.0. The number of carbonyl (C=O) groups is 2. The first-order valence-corrected chi connectivity index (χ1v) is 7.98. The predicted octanol–water partition coefficient (Wildman–Crippen LogP) is 2.53. The zero-order valence-electron chi connectivity index (χ0n) is 13.1. The van der Waals surface area contributed by atoms with E-state index in [1.54, 1.807) is 18.2 Å². The Labute approximate surface area is 134 Å². The Morgan fingerprint density at radius 3 is 2.61 bits per heavy atom. The number of benzene rings is 1. The lowest BCUT2D eigenvalue weighted by Crippen LogP contribution is -2.38. The molecular weight excluding hydrogens is 298 g/mol. The molecule has 3 atom stereocenters. The van der Waals surface area contributed by atoms with Crippen molar-refractivity contribution in [1.29, 1.82) is 0 Å². The standard InChI is InChI=1S/C17H21NO5/c1-10-2-4-12(13(8-10)17(20)21)16(19)18-11-3-5-14-15(9-11)23-7-6-22-14/h3,5,9-10,12-13H,2,4,6-8H2,1H3,(H,18,19)(H,20,21). The minimum Gasteiger partial charge on any atom is -0.486 e. The van der Waals surface area contributed by atoms with Gasteiger partial charge >= 0.3 is 5.97 Å². The van der Waals surface area contributed by atoms with Gasteiger partial charge < -0.3 is 19.9 Å². The maximum atomic E-state index is 12.5. The number of carboxylic acid groups (broad SMARTS) is 1. The molecule has 6 heteroatoms. The Hall–Kier alpha value is -2.24. The smallest absolute Gasteiger partial charge is 0.307 e. The molecule has 0 aromatic heterocycles. The number of hydrogen-bond donors (Lipinski definition) is 2. The number of amides is 1. The first kappa shape index (κ1) is 15.6. The van der Waals surface area contributed by atoms with E-state index in [1.807, 2.05) is 6.92 Å². The molecule has 124 valence electrons. The largest absolute Gasteiger partial charge is 0.486 e. The predicted molar refractivity (Wildman–Crippen MR) is 83.7 cm³/mol. The number of nitrogens with one attached hydrogen (secondary N) is 1. The van der Waals surface area contributed by atoms with Crippen LogP contribution >= 0.6 is 0 Å². The molecule has 1 aliphatic heterocycles. The first-order valence-electron chi connectivity index (χ1n) is 7.98. The van der Waals surface area contributed by atoms with Crippen LogP contribution in [0.5, 0.6) is 11.5 Å². The third-order valence-corrected chi connectivity index (χ3v) is 4.58. The molecular formula is C17H21NO5. The second-order valence-electron chi connectivity index (χ2n) is 6.32. The lowest BCUT2D eigenvalue weighted by Gasteiger charge is -2.31. The van der Waals surface area contributed by atoms with E-state index in [4.69, 9.17) is 9.47 Å². The van der Waals surface area contributed by atoms with Gasteiger partial charge in [0, 0.05) is 11.8 Å². The summed E-state index contributed by atoms with van der Waals surface area (Å²) in [6.45, 7) is 3.02. The summed E-state index contributed by atoms with van der Waals surface area (Å²) < 4.78 is 10.9. The van der Waals surface area contributed by atoms with Gasteiger partial charge in [-0.15, -0.1) is 0 Å². The number of anilines is 1. The van der Waals surface area contributed by atoms with E-state index in [0.717, 1.165) is 6.42 Å². The maximum absolute atomic E-state index is 12.5. The summed E-state index contributed by atoms with van der Waals surface area (Å²) in [7, 11) is 0. The summed E-state index contributed by atoms with van der Waals surface area (Å²) in [6.07, 6.45) is 2.03. The van der Waals surface area contributed by atoms with Gasteiger partial charge in [-0.25, -0.2) is 0 Å². The number of carbonyl (C=O) groups excluding carboxylic acids is 1. The zero-order chi connectivity index (χ0) is 16.4. The van der Waals surface area contributed by atoms with Gasteiger partial charge in [-0.3, -0.25) is 9.59 Å². The van der Waals surface area contributed by atoms with Crippen molar-refractivity contribution < 1.29 is 24.2 Å². The highest BCUT2D eigenvalue weighted by molar-refractivity contribution is 5.95. The molecule has 0 spiro atoms. The van der Waals surface area contributed by atoms with Crippen LogP contribution in [0.25, 0.3) is 0 Å². The van der Waals surface area contributed by atoms with E-state index in [-0.39, 0.29) is 5.91 Å². The van der Waals surface area contributed by atoms with Crippen molar-refractivity contribution in [2.45, 2.75) is 26.2 Å². The Morgan fingerprint density at radius 1 is 1.13 bits per heavy atom. The molecule has 6 nitrogen and oxygen atoms in total. The second kappa shape index (κ2) is 6.48. The molecule has 0 radical (unpaired) electrons. The van der Waals surface area contributed by atoms with Crippen molar-refractivity contribution in [3.05, 3.63) is 18.2 Å². The van der Waals surface area contributed by atoms with Crippen LogP contribution in [0.3, 0.4) is 0 Å². The SMILES string of the molecule is CC1CCC(C(=O)Nc2ccc3c(c2)OCCO3)C(C(=O)O)C1. The van der Waals surface area contributed by atoms with E-state index in [2.05, 4.69) is 5.32 Å². The van der Waals surface area contributed by atoms with E-state index >= 15 is 0 Å². The lowest BCUT2D eigenvalue weighted by molar-refractivity contribution is -0.148. The van der Waals surface area contributed by atoms with E-state index in [0.29, 0.717) is 49.2 Å². The van der Waals surface area contributed by atoms with Gasteiger partial charge in [0.05, 0.1) is 11.8 Å². The third kappa shape index (κ3) is 3.41. The average molecular weight is 319 g/mol. The van der Waals surface area contributed by atoms with E-state index in [9.17, 15) is 14.7 Å². The molecule has 23 heavy (non-hydrogen) atoms. The van der Waals surface area contributed by atoms with Crippen LogP contribution in [-0.2, 0) is 9.59 Å². The van der Waals surface area contributed by atoms with Crippen LogP contribution in [-0.4, -0.2) is 30.2 Å². The van der Waals surface area contributed by atoms with E-state index < -0.39 is 17.8 Å². The number of hydrogen-bond acceptors (Lipinski definition) is 4. The van der Waals surface area contributed by atoms with Gasteiger partial charge in [0.1, 0.15) is 13.2 Å². The highest BCUT2D eigenvalue weighted by Gasteiger charge is 2.38. The van der Waals surface area contributed by atoms with Gasteiger partial charge in [0.2, 0.25) is 5.91 Å². The first-order chi connectivity index (χ1) is 11.0. The quantitative estimate of drug-likeness (QED) is 0.894. The molecule has 1 fully saturated rings. The van der Waals surface area contributed by atoms with E-state index in [1.165, 1.54) is 0 Å². The highest BCUT2D eigenvalue weighted by Crippen LogP contribution is 2.36. The number of ether oxygens (including phenoxy) is 2. The van der Waals surface area contributed by atoms with Crippen molar-refractivity contribution in [2.24, 2.45) is 17.8 Å². The lowest BCUT2D eigenvalue weighted by atomic mass is 9.74. The second-order valence-corrected chi connectivity index (χ2v) is 6.32. The fourth-order valence-corrected chi connectivity index (χ4v) is 3.32. The fraction of sp³-hybridized carbons (Fsp3) is 0.529. The van der Waals surface area contributed by atoms with Crippen LogP contribution in [0.2, 0.25) is 0 Å². The van der Waals surface area contributed by atoms with Gasteiger partial charge in [-0.2, -0.15) is 0 Å². The van der Waals surface area contributed by atoms with Crippen molar-refractivity contribution in [2.75, 3.05) is 18.5 Å². The Kier molecular flexibility index (Phi) is 4.41. The minimum absolute atomic E-state index is 0.235. The van der Waals surface area contributed by atoms with Gasteiger partial charge in [0.15, 0.2) is 11.5 Å². The summed E-state index contributed by atoms with van der Waals surface area (Å²) in [5.41, 5.74) is 0.599. The summed E-state index contributed by atoms with van der Waals surface area (Å²) in [6, 6.07) is 5.21. The van der Waals surface area contributed by atoms with Crippen molar-refractivity contribution in [3.8, 4) is 11.5 Å². The van der Waals surface area contributed by atoms with Crippen molar-refractivity contribution in [1.82, 2.24) is 0 Å². The van der Waals surface area contributed by atoms with Crippen LogP contribution in [0.1, 0.15) is 26.2 Å². The van der Waals surface area contributed by atoms with Crippen LogP contribution in [0.4, 0.5) is 5.69 Å². The molecule has 0 bridgehead atoms. The molecule has 2 aliphatic rings. The molecule has 1 aliphatic carbocycles. The monoisotopic (exact) mass is 319 g/mol. The Balaban J connectivity index is 1.72. The fourth-order valence-electron chi connectivity index (χ4n) is 3.32. The van der Waals surface area contributed by atoms with Crippen molar-refractivity contribution >= 4 is 17.6 Å². The summed E-state index contributed by atoms with van der Waals surface area (Å²) in [5.74, 6) is -0.632. The minimum atomic E-state index is -0.890. The molecule has 1 amide bonds. The molecule has 1 aromatic carbocycles. The molecule has 1 saturated carbocycles.